The predicted molar refractivity (Wildman–Crippen MR) is 94.5 cm³/mol. The van der Waals surface area contributed by atoms with Gasteiger partial charge in [0.15, 0.2) is 5.13 Å². The third-order valence-electron chi connectivity index (χ3n) is 4.04. The monoisotopic (exact) mass is 346 g/mol. The molecule has 7 nitrogen and oxygen atoms in total. The number of likely N-dealkylation sites (tertiary alicyclic amines) is 1. The van der Waals surface area contributed by atoms with E-state index in [0.29, 0.717) is 6.54 Å². The molecule has 2 aromatic heterocycles. The van der Waals surface area contributed by atoms with Crippen molar-refractivity contribution in [1.29, 1.82) is 0 Å². The number of carbonyl (C=O) groups excluding carboxylic acids is 1. The first kappa shape index (κ1) is 16.8. The van der Waals surface area contributed by atoms with E-state index in [1.54, 1.807) is 11.3 Å². The topological polar surface area (TPSA) is 97.0 Å². The van der Waals surface area contributed by atoms with E-state index in [1.807, 2.05) is 30.2 Å². The third-order valence-corrected chi connectivity index (χ3v) is 4.91. The van der Waals surface area contributed by atoms with E-state index >= 15 is 0 Å². The number of nitrogens with two attached hydrogens (primary N) is 1. The molecule has 3 N–H and O–H groups in total. The van der Waals surface area contributed by atoms with Crippen LogP contribution in [0.1, 0.15) is 36.0 Å². The number of rotatable bonds is 4. The molecule has 0 spiro atoms. The van der Waals surface area contributed by atoms with Crippen molar-refractivity contribution >= 4 is 28.2 Å². The number of aryl methyl sites for hydroxylation is 2. The molecule has 1 atom stereocenters. The zero-order chi connectivity index (χ0) is 17.1. The highest BCUT2D eigenvalue weighted by Crippen LogP contribution is 2.27. The van der Waals surface area contributed by atoms with Gasteiger partial charge in [-0.3, -0.25) is 4.79 Å². The third kappa shape index (κ3) is 3.88. The molecule has 0 aliphatic carbocycles. The Labute approximate surface area is 145 Å². The average molecular weight is 346 g/mol. The van der Waals surface area contributed by atoms with Crippen LogP contribution in [0.2, 0.25) is 0 Å². The molecule has 0 unspecified atom stereocenters. The van der Waals surface area contributed by atoms with Gasteiger partial charge in [0, 0.05) is 36.1 Å². The van der Waals surface area contributed by atoms with Gasteiger partial charge in [0.25, 0.3) is 0 Å². The van der Waals surface area contributed by atoms with Crippen LogP contribution in [0.5, 0.6) is 0 Å². The van der Waals surface area contributed by atoms with Gasteiger partial charge in [0.05, 0.1) is 12.2 Å². The molecule has 8 heteroatoms. The van der Waals surface area contributed by atoms with Crippen molar-refractivity contribution in [2.24, 2.45) is 5.73 Å². The molecule has 0 aromatic carbocycles. The number of anilines is 2. The van der Waals surface area contributed by atoms with Gasteiger partial charge in [-0.2, -0.15) is 0 Å². The quantitative estimate of drug-likeness (QED) is 0.878. The number of nitrogens with zero attached hydrogens (tertiary/aromatic N) is 4. The smallest absolute Gasteiger partial charge is 0.236 e. The maximum atomic E-state index is 11.9. The number of aromatic nitrogens is 3. The molecule has 1 fully saturated rings. The standard InChI is InChI=1S/C16H22N6OS/c1-10-6-13(21-16-19-11(2)9-24-16)20-15(18-10)12-4-3-5-22(8-12)14(23)7-17/h6,9,12H,3-5,7-8,17H2,1-2H3,(H,18,19,20,21)/t12-/m0/s1. The Morgan fingerprint density at radius 1 is 1.38 bits per heavy atom. The molecule has 24 heavy (non-hydrogen) atoms. The first-order valence-electron chi connectivity index (χ1n) is 8.07. The number of nitrogens with one attached hydrogen (secondary N) is 1. The fourth-order valence-corrected chi connectivity index (χ4v) is 3.60. The van der Waals surface area contributed by atoms with Crippen LogP contribution in [-0.2, 0) is 4.79 Å². The Hall–Kier alpha value is -2.06. The molecule has 1 amide bonds. The van der Waals surface area contributed by atoms with Crippen molar-refractivity contribution in [2.75, 3.05) is 25.0 Å². The van der Waals surface area contributed by atoms with Crippen LogP contribution in [0.25, 0.3) is 0 Å². The van der Waals surface area contributed by atoms with Gasteiger partial charge in [-0.15, -0.1) is 11.3 Å². The molecule has 3 rings (SSSR count). The molecule has 1 saturated heterocycles. The minimum atomic E-state index is -0.0102. The normalized spacial score (nSPS) is 17.8. The maximum absolute atomic E-state index is 11.9. The van der Waals surface area contributed by atoms with Crippen molar-refractivity contribution in [3.05, 3.63) is 28.7 Å². The van der Waals surface area contributed by atoms with Crippen LogP contribution in [-0.4, -0.2) is 45.4 Å². The minimum absolute atomic E-state index is 0.0102. The highest BCUT2D eigenvalue weighted by Gasteiger charge is 2.26. The van der Waals surface area contributed by atoms with Crippen molar-refractivity contribution in [3.8, 4) is 0 Å². The highest BCUT2D eigenvalue weighted by atomic mass is 32.1. The summed E-state index contributed by atoms with van der Waals surface area (Å²) in [5.74, 6) is 1.66. The molecule has 0 radical (unpaired) electrons. The van der Waals surface area contributed by atoms with Gasteiger partial charge >= 0.3 is 0 Å². The summed E-state index contributed by atoms with van der Waals surface area (Å²) < 4.78 is 0. The number of hydrogen-bond acceptors (Lipinski definition) is 7. The summed E-state index contributed by atoms with van der Waals surface area (Å²) in [6.07, 6.45) is 1.93. The van der Waals surface area contributed by atoms with Crippen molar-refractivity contribution in [2.45, 2.75) is 32.6 Å². The van der Waals surface area contributed by atoms with Gasteiger partial charge in [-0.05, 0) is 26.7 Å². The molecule has 1 aliphatic rings. The van der Waals surface area contributed by atoms with E-state index in [2.05, 4.69) is 20.3 Å². The Morgan fingerprint density at radius 3 is 2.92 bits per heavy atom. The summed E-state index contributed by atoms with van der Waals surface area (Å²) in [5, 5.41) is 6.06. The van der Waals surface area contributed by atoms with Gasteiger partial charge < -0.3 is 16.0 Å². The molecule has 0 saturated carbocycles. The van der Waals surface area contributed by atoms with Gasteiger partial charge in [-0.1, -0.05) is 0 Å². The predicted octanol–water partition coefficient (Wildman–Crippen LogP) is 1.96. The van der Waals surface area contributed by atoms with E-state index in [9.17, 15) is 4.79 Å². The fraction of sp³-hybridized carbons (Fsp3) is 0.500. The van der Waals surface area contributed by atoms with E-state index in [4.69, 9.17) is 5.73 Å². The van der Waals surface area contributed by atoms with Crippen LogP contribution >= 0.6 is 11.3 Å². The number of thiazole rings is 1. The molecular weight excluding hydrogens is 324 g/mol. The molecule has 0 bridgehead atoms. The summed E-state index contributed by atoms with van der Waals surface area (Å²) in [6, 6.07) is 1.91. The second kappa shape index (κ2) is 7.23. The Bertz CT molecular complexity index is 731. The van der Waals surface area contributed by atoms with Crippen molar-refractivity contribution < 1.29 is 4.79 Å². The fourth-order valence-electron chi connectivity index (χ4n) is 2.90. The minimum Gasteiger partial charge on any atom is -0.341 e. The van der Waals surface area contributed by atoms with Crippen LogP contribution in [0.4, 0.5) is 10.9 Å². The molecule has 2 aromatic rings. The van der Waals surface area contributed by atoms with Crippen LogP contribution < -0.4 is 11.1 Å². The summed E-state index contributed by atoms with van der Waals surface area (Å²) >= 11 is 1.55. The van der Waals surface area contributed by atoms with E-state index in [-0.39, 0.29) is 18.4 Å². The maximum Gasteiger partial charge on any atom is 0.236 e. The zero-order valence-corrected chi connectivity index (χ0v) is 14.8. The van der Waals surface area contributed by atoms with Crippen molar-refractivity contribution in [1.82, 2.24) is 19.9 Å². The van der Waals surface area contributed by atoms with E-state index in [0.717, 1.165) is 47.5 Å². The van der Waals surface area contributed by atoms with Crippen LogP contribution in [0.3, 0.4) is 0 Å². The lowest BCUT2D eigenvalue weighted by atomic mass is 9.97. The second-order valence-electron chi connectivity index (χ2n) is 6.05. The molecular formula is C16H22N6OS. The van der Waals surface area contributed by atoms with Crippen molar-refractivity contribution in [3.63, 3.8) is 0 Å². The van der Waals surface area contributed by atoms with E-state index < -0.39 is 0 Å². The lowest BCUT2D eigenvalue weighted by molar-refractivity contribution is -0.130. The summed E-state index contributed by atoms with van der Waals surface area (Å²) in [6.45, 7) is 5.37. The average Bonchev–Trinajstić information content (AvgIpc) is 2.98. The summed E-state index contributed by atoms with van der Waals surface area (Å²) in [4.78, 5) is 27.3. The van der Waals surface area contributed by atoms with Gasteiger partial charge in [-0.25, -0.2) is 15.0 Å². The number of amides is 1. The highest BCUT2D eigenvalue weighted by molar-refractivity contribution is 7.13. The lowest BCUT2D eigenvalue weighted by Crippen LogP contribution is -2.42. The first-order chi connectivity index (χ1) is 11.5. The zero-order valence-electron chi connectivity index (χ0n) is 14.0. The molecule has 128 valence electrons. The summed E-state index contributed by atoms with van der Waals surface area (Å²) in [5.41, 5.74) is 7.37. The number of piperidine rings is 1. The van der Waals surface area contributed by atoms with Crippen LogP contribution in [0.15, 0.2) is 11.4 Å². The van der Waals surface area contributed by atoms with Gasteiger partial charge in [0.2, 0.25) is 5.91 Å². The Balaban J connectivity index is 1.79. The van der Waals surface area contributed by atoms with E-state index in [1.165, 1.54) is 0 Å². The number of hydrogen-bond donors (Lipinski definition) is 2. The Kier molecular flexibility index (Phi) is 5.06. The van der Waals surface area contributed by atoms with Crippen LogP contribution in [0, 0.1) is 13.8 Å². The molecule has 1 aliphatic heterocycles. The Morgan fingerprint density at radius 2 is 2.21 bits per heavy atom. The SMILES string of the molecule is Cc1cc(Nc2nc(C)cs2)nc([C@H]2CCCN(C(=O)CN)C2)n1. The summed E-state index contributed by atoms with van der Waals surface area (Å²) in [7, 11) is 0. The number of carbonyl (C=O) groups is 1. The molecule has 3 heterocycles. The lowest BCUT2D eigenvalue weighted by Gasteiger charge is -2.32. The second-order valence-corrected chi connectivity index (χ2v) is 6.91. The van der Waals surface area contributed by atoms with Gasteiger partial charge in [0.1, 0.15) is 11.6 Å². The largest absolute Gasteiger partial charge is 0.341 e. The first-order valence-corrected chi connectivity index (χ1v) is 8.95.